The van der Waals surface area contributed by atoms with Crippen molar-refractivity contribution < 1.29 is 9.50 Å². The molecule has 1 unspecified atom stereocenters. The Bertz CT molecular complexity index is 553. The molecule has 0 saturated heterocycles. The largest absolute Gasteiger partial charge is 0.394 e. The summed E-state index contributed by atoms with van der Waals surface area (Å²) in [6, 6.07) is 14.1. The highest BCUT2D eigenvalue weighted by atomic mass is 19.1. The van der Waals surface area contributed by atoms with Crippen LogP contribution in [0.5, 0.6) is 0 Å². The fourth-order valence-corrected chi connectivity index (χ4v) is 2.03. The molecule has 0 saturated carbocycles. The summed E-state index contributed by atoms with van der Waals surface area (Å²) >= 11 is 0. The Morgan fingerprint density at radius 2 is 1.74 bits per heavy atom. The SMILES string of the molecule is Cc1ccccc1NC(C)(CO)c1ccc(F)cc1. The van der Waals surface area contributed by atoms with Gasteiger partial charge >= 0.3 is 0 Å². The third-order valence-electron chi connectivity index (χ3n) is 3.35. The molecule has 0 aromatic heterocycles. The lowest BCUT2D eigenvalue weighted by atomic mass is 9.92. The summed E-state index contributed by atoms with van der Waals surface area (Å²) in [5.74, 6) is -0.278. The van der Waals surface area contributed by atoms with Crippen LogP contribution < -0.4 is 5.32 Å². The quantitative estimate of drug-likeness (QED) is 0.881. The van der Waals surface area contributed by atoms with Crippen LogP contribution in [0.25, 0.3) is 0 Å². The van der Waals surface area contributed by atoms with Gasteiger partial charge in [0.25, 0.3) is 0 Å². The van der Waals surface area contributed by atoms with Gasteiger partial charge in [-0.15, -0.1) is 0 Å². The van der Waals surface area contributed by atoms with E-state index in [2.05, 4.69) is 5.32 Å². The van der Waals surface area contributed by atoms with Crippen molar-refractivity contribution in [1.29, 1.82) is 0 Å². The molecular formula is C16H18FNO. The number of nitrogens with one attached hydrogen (secondary N) is 1. The van der Waals surface area contributed by atoms with Gasteiger partial charge in [-0.05, 0) is 43.2 Å². The Balaban J connectivity index is 2.33. The van der Waals surface area contributed by atoms with Gasteiger partial charge in [0.1, 0.15) is 5.82 Å². The standard InChI is InChI=1S/C16H18FNO/c1-12-5-3-4-6-15(12)18-16(2,11-19)13-7-9-14(17)10-8-13/h3-10,18-19H,11H2,1-2H3. The molecule has 0 radical (unpaired) electrons. The molecule has 0 amide bonds. The van der Waals surface area contributed by atoms with Crippen molar-refractivity contribution in [3.8, 4) is 0 Å². The molecule has 19 heavy (non-hydrogen) atoms. The van der Waals surface area contributed by atoms with Gasteiger partial charge in [-0.1, -0.05) is 30.3 Å². The Hall–Kier alpha value is -1.87. The summed E-state index contributed by atoms with van der Waals surface area (Å²) in [4.78, 5) is 0. The highest BCUT2D eigenvalue weighted by Crippen LogP contribution is 2.27. The topological polar surface area (TPSA) is 32.3 Å². The van der Waals surface area contributed by atoms with E-state index in [9.17, 15) is 9.50 Å². The number of halogens is 1. The van der Waals surface area contributed by atoms with E-state index in [0.29, 0.717) is 0 Å². The number of anilines is 1. The molecule has 0 spiro atoms. The third kappa shape index (κ3) is 2.93. The first kappa shape index (κ1) is 13.6. The molecule has 0 aliphatic rings. The van der Waals surface area contributed by atoms with Crippen LogP contribution in [0.4, 0.5) is 10.1 Å². The minimum Gasteiger partial charge on any atom is -0.394 e. The van der Waals surface area contributed by atoms with E-state index in [1.54, 1.807) is 12.1 Å². The first-order valence-corrected chi connectivity index (χ1v) is 6.26. The molecule has 0 aliphatic carbocycles. The average Bonchev–Trinajstić information content (AvgIpc) is 2.42. The van der Waals surface area contributed by atoms with Crippen LogP contribution in [-0.2, 0) is 5.54 Å². The normalized spacial score (nSPS) is 13.9. The van der Waals surface area contributed by atoms with Crippen LogP contribution in [0, 0.1) is 12.7 Å². The molecule has 3 heteroatoms. The first-order valence-electron chi connectivity index (χ1n) is 6.26. The van der Waals surface area contributed by atoms with E-state index < -0.39 is 5.54 Å². The van der Waals surface area contributed by atoms with Crippen molar-refractivity contribution in [1.82, 2.24) is 0 Å². The molecule has 2 aromatic rings. The predicted molar refractivity (Wildman–Crippen MR) is 75.6 cm³/mol. The summed E-state index contributed by atoms with van der Waals surface area (Å²) in [5, 5.41) is 13.0. The van der Waals surface area contributed by atoms with Gasteiger partial charge in [-0.3, -0.25) is 0 Å². The number of aryl methyl sites for hydroxylation is 1. The second kappa shape index (κ2) is 5.41. The number of rotatable bonds is 4. The Morgan fingerprint density at radius 1 is 1.11 bits per heavy atom. The van der Waals surface area contributed by atoms with Crippen LogP contribution >= 0.6 is 0 Å². The molecule has 2 N–H and O–H groups in total. The lowest BCUT2D eigenvalue weighted by Crippen LogP contribution is -2.36. The van der Waals surface area contributed by atoms with Crippen molar-refractivity contribution >= 4 is 5.69 Å². The summed E-state index contributed by atoms with van der Waals surface area (Å²) in [6.45, 7) is 3.82. The number of aliphatic hydroxyl groups is 1. The van der Waals surface area contributed by atoms with Crippen LogP contribution in [-0.4, -0.2) is 11.7 Å². The van der Waals surface area contributed by atoms with Crippen LogP contribution in [0.2, 0.25) is 0 Å². The summed E-state index contributed by atoms with van der Waals surface area (Å²) < 4.78 is 13.0. The first-order chi connectivity index (χ1) is 9.05. The van der Waals surface area contributed by atoms with Crippen LogP contribution in [0.1, 0.15) is 18.1 Å². The minimum absolute atomic E-state index is 0.0764. The molecule has 100 valence electrons. The van der Waals surface area contributed by atoms with Crippen LogP contribution in [0.3, 0.4) is 0 Å². The van der Waals surface area contributed by atoms with Crippen LogP contribution in [0.15, 0.2) is 48.5 Å². The second-order valence-corrected chi connectivity index (χ2v) is 4.94. The van der Waals surface area contributed by atoms with E-state index in [0.717, 1.165) is 16.8 Å². The molecule has 0 aliphatic heterocycles. The van der Waals surface area contributed by atoms with Crippen molar-refractivity contribution in [2.24, 2.45) is 0 Å². The fraction of sp³-hybridized carbons (Fsp3) is 0.250. The minimum atomic E-state index is -0.639. The van der Waals surface area contributed by atoms with Gasteiger partial charge in [0.2, 0.25) is 0 Å². The lowest BCUT2D eigenvalue weighted by molar-refractivity contribution is 0.224. The predicted octanol–water partition coefficient (Wildman–Crippen LogP) is 3.45. The molecule has 2 rings (SSSR count). The highest BCUT2D eigenvalue weighted by molar-refractivity contribution is 5.53. The van der Waals surface area contributed by atoms with E-state index in [4.69, 9.17) is 0 Å². The zero-order valence-corrected chi connectivity index (χ0v) is 11.2. The Morgan fingerprint density at radius 3 is 2.32 bits per heavy atom. The van der Waals surface area contributed by atoms with E-state index >= 15 is 0 Å². The average molecular weight is 259 g/mol. The fourth-order valence-electron chi connectivity index (χ4n) is 2.03. The van der Waals surface area contributed by atoms with Crippen molar-refractivity contribution in [2.75, 3.05) is 11.9 Å². The zero-order chi connectivity index (χ0) is 13.9. The van der Waals surface area contributed by atoms with E-state index in [-0.39, 0.29) is 12.4 Å². The van der Waals surface area contributed by atoms with Crippen molar-refractivity contribution in [2.45, 2.75) is 19.4 Å². The van der Waals surface area contributed by atoms with Gasteiger partial charge in [0.15, 0.2) is 0 Å². The van der Waals surface area contributed by atoms with Gasteiger partial charge < -0.3 is 10.4 Å². The molecule has 0 bridgehead atoms. The van der Waals surface area contributed by atoms with Gasteiger partial charge in [-0.2, -0.15) is 0 Å². The summed E-state index contributed by atoms with van der Waals surface area (Å²) in [5.41, 5.74) is 2.27. The maximum Gasteiger partial charge on any atom is 0.123 e. The van der Waals surface area contributed by atoms with Gasteiger partial charge in [0, 0.05) is 5.69 Å². The Labute approximate surface area is 112 Å². The molecular weight excluding hydrogens is 241 g/mol. The molecule has 2 nitrogen and oxygen atoms in total. The number of hydrogen-bond donors (Lipinski definition) is 2. The summed E-state index contributed by atoms with van der Waals surface area (Å²) in [7, 11) is 0. The maximum absolute atomic E-state index is 13.0. The lowest BCUT2D eigenvalue weighted by Gasteiger charge is -2.31. The van der Waals surface area contributed by atoms with Gasteiger partial charge in [-0.25, -0.2) is 4.39 Å². The number of hydrogen-bond acceptors (Lipinski definition) is 2. The monoisotopic (exact) mass is 259 g/mol. The molecule has 2 aromatic carbocycles. The smallest absolute Gasteiger partial charge is 0.123 e. The second-order valence-electron chi connectivity index (χ2n) is 4.94. The van der Waals surface area contributed by atoms with Crippen molar-refractivity contribution in [3.63, 3.8) is 0 Å². The van der Waals surface area contributed by atoms with Gasteiger partial charge in [0.05, 0.1) is 12.1 Å². The van der Waals surface area contributed by atoms with Crippen molar-refractivity contribution in [3.05, 3.63) is 65.5 Å². The van der Waals surface area contributed by atoms with E-state index in [1.807, 2.05) is 38.1 Å². The maximum atomic E-state index is 13.0. The molecule has 0 fully saturated rings. The number of aliphatic hydroxyl groups excluding tert-OH is 1. The number of benzene rings is 2. The summed E-state index contributed by atoms with van der Waals surface area (Å²) in [6.07, 6.45) is 0. The number of para-hydroxylation sites is 1. The Kier molecular flexibility index (Phi) is 3.86. The molecule has 1 atom stereocenters. The zero-order valence-electron chi connectivity index (χ0n) is 11.2. The third-order valence-corrected chi connectivity index (χ3v) is 3.35. The van der Waals surface area contributed by atoms with E-state index in [1.165, 1.54) is 12.1 Å². The molecule has 0 heterocycles. The highest BCUT2D eigenvalue weighted by Gasteiger charge is 2.26.